The number of anilines is 1. The molecule has 0 saturated carbocycles. The Bertz CT molecular complexity index is 649. The number of carbonyl (C=O) groups is 1. The maximum Gasteiger partial charge on any atom is 0.254 e. The van der Waals surface area contributed by atoms with Gasteiger partial charge in [0.1, 0.15) is 0 Å². The van der Waals surface area contributed by atoms with Gasteiger partial charge in [-0.3, -0.25) is 9.78 Å². The summed E-state index contributed by atoms with van der Waals surface area (Å²) in [7, 11) is 0. The second kappa shape index (κ2) is 7.86. The lowest BCUT2D eigenvalue weighted by Gasteiger charge is -2.27. The number of hydrogen-bond acceptors (Lipinski definition) is 5. The van der Waals surface area contributed by atoms with Crippen molar-refractivity contribution in [3.63, 3.8) is 0 Å². The second-order valence-electron chi connectivity index (χ2n) is 6.90. The van der Waals surface area contributed by atoms with Gasteiger partial charge in [-0.15, -0.1) is 0 Å². The van der Waals surface area contributed by atoms with E-state index in [1.165, 1.54) is 12.4 Å². The molecule has 0 aromatic carbocycles. The molecule has 0 saturated heterocycles. The van der Waals surface area contributed by atoms with Gasteiger partial charge in [-0.25, -0.2) is 9.97 Å². The van der Waals surface area contributed by atoms with Gasteiger partial charge in [0.05, 0.1) is 11.6 Å². The summed E-state index contributed by atoms with van der Waals surface area (Å²) in [5.41, 5.74) is 1.50. The fourth-order valence-electron chi connectivity index (χ4n) is 2.38. The highest BCUT2D eigenvalue weighted by Crippen LogP contribution is 2.29. The van der Waals surface area contributed by atoms with Crippen molar-refractivity contribution >= 4 is 11.9 Å². The van der Waals surface area contributed by atoms with Crippen LogP contribution in [0.2, 0.25) is 0 Å². The van der Waals surface area contributed by atoms with E-state index in [-0.39, 0.29) is 17.4 Å². The Morgan fingerprint density at radius 3 is 2.46 bits per heavy atom. The van der Waals surface area contributed by atoms with Crippen LogP contribution in [0, 0.1) is 5.41 Å². The predicted molar refractivity (Wildman–Crippen MR) is 94.7 cm³/mol. The van der Waals surface area contributed by atoms with Crippen LogP contribution >= 0.6 is 0 Å². The summed E-state index contributed by atoms with van der Waals surface area (Å²) >= 11 is 0. The van der Waals surface area contributed by atoms with E-state index < -0.39 is 0 Å². The van der Waals surface area contributed by atoms with Crippen LogP contribution in [0.4, 0.5) is 5.95 Å². The zero-order chi connectivity index (χ0) is 17.6. The standard InChI is InChI=1S/C18H25N5O/c1-5-20-17-21-11-14(12-22-17)16(24)23-15(9-18(2,3)4)13-7-6-8-19-10-13/h6-8,10-12,15H,5,9H2,1-4H3,(H,23,24)(H,20,21,22)/t15-/m0/s1. The normalized spacial score (nSPS) is 12.5. The first-order valence-electron chi connectivity index (χ1n) is 8.16. The molecule has 0 spiro atoms. The number of aromatic nitrogens is 3. The maximum absolute atomic E-state index is 12.6. The lowest BCUT2D eigenvalue weighted by atomic mass is 9.85. The summed E-state index contributed by atoms with van der Waals surface area (Å²) in [6, 6.07) is 3.75. The minimum absolute atomic E-state index is 0.0686. The first-order chi connectivity index (χ1) is 11.4. The Hall–Kier alpha value is -2.50. The SMILES string of the molecule is CCNc1ncc(C(=O)N[C@@H](CC(C)(C)C)c2cccnc2)cn1. The molecule has 0 unspecified atom stereocenters. The van der Waals surface area contributed by atoms with E-state index in [9.17, 15) is 4.79 Å². The fourth-order valence-corrected chi connectivity index (χ4v) is 2.38. The van der Waals surface area contributed by atoms with E-state index in [0.717, 1.165) is 18.5 Å². The molecular formula is C18H25N5O. The third kappa shape index (κ3) is 5.30. The Morgan fingerprint density at radius 1 is 1.21 bits per heavy atom. The van der Waals surface area contributed by atoms with Crippen LogP contribution in [0.25, 0.3) is 0 Å². The molecule has 2 N–H and O–H groups in total. The Balaban J connectivity index is 2.14. The monoisotopic (exact) mass is 327 g/mol. The summed E-state index contributed by atoms with van der Waals surface area (Å²) in [5.74, 6) is 0.337. The molecule has 2 rings (SSSR count). The molecule has 1 atom stereocenters. The number of hydrogen-bond donors (Lipinski definition) is 2. The molecule has 2 aromatic heterocycles. The largest absolute Gasteiger partial charge is 0.355 e. The van der Waals surface area contributed by atoms with E-state index in [1.807, 2.05) is 19.1 Å². The minimum atomic E-state index is -0.184. The first-order valence-corrected chi connectivity index (χ1v) is 8.16. The Labute approximate surface area is 143 Å². The molecular weight excluding hydrogens is 302 g/mol. The van der Waals surface area contributed by atoms with E-state index >= 15 is 0 Å². The highest BCUT2D eigenvalue weighted by atomic mass is 16.1. The fraction of sp³-hybridized carbons (Fsp3) is 0.444. The van der Waals surface area contributed by atoms with Gasteiger partial charge >= 0.3 is 0 Å². The number of carbonyl (C=O) groups excluding carboxylic acids is 1. The smallest absolute Gasteiger partial charge is 0.254 e. The van der Waals surface area contributed by atoms with Crippen molar-refractivity contribution in [2.45, 2.75) is 40.2 Å². The maximum atomic E-state index is 12.6. The van der Waals surface area contributed by atoms with Gasteiger partial charge in [0.15, 0.2) is 0 Å². The van der Waals surface area contributed by atoms with Crippen LogP contribution in [-0.4, -0.2) is 27.4 Å². The number of pyridine rings is 1. The van der Waals surface area contributed by atoms with Crippen molar-refractivity contribution in [3.05, 3.63) is 48.0 Å². The van der Waals surface area contributed by atoms with E-state index in [1.54, 1.807) is 12.4 Å². The Kier molecular flexibility index (Phi) is 5.84. The molecule has 0 fully saturated rings. The van der Waals surface area contributed by atoms with Gasteiger partial charge in [0, 0.05) is 31.3 Å². The summed E-state index contributed by atoms with van der Waals surface area (Å²) in [5, 5.41) is 6.09. The van der Waals surface area contributed by atoms with Gasteiger partial charge < -0.3 is 10.6 Å². The lowest BCUT2D eigenvalue weighted by molar-refractivity contribution is 0.0925. The molecule has 0 aliphatic rings. The van der Waals surface area contributed by atoms with Crippen LogP contribution in [0.15, 0.2) is 36.9 Å². The van der Waals surface area contributed by atoms with Gasteiger partial charge in [-0.1, -0.05) is 26.8 Å². The van der Waals surface area contributed by atoms with Crippen molar-refractivity contribution in [2.24, 2.45) is 5.41 Å². The van der Waals surface area contributed by atoms with E-state index in [2.05, 4.69) is 46.4 Å². The van der Waals surface area contributed by atoms with Gasteiger partial charge in [0.2, 0.25) is 5.95 Å². The predicted octanol–water partition coefficient (Wildman–Crippen LogP) is 3.21. The molecule has 0 radical (unpaired) electrons. The summed E-state index contributed by atoms with van der Waals surface area (Å²) < 4.78 is 0. The van der Waals surface area contributed by atoms with E-state index in [4.69, 9.17) is 0 Å². The van der Waals surface area contributed by atoms with Crippen LogP contribution < -0.4 is 10.6 Å². The first kappa shape index (κ1) is 17.8. The van der Waals surface area contributed by atoms with E-state index in [0.29, 0.717) is 11.5 Å². The molecule has 6 heteroatoms. The molecule has 24 heavy (non-hydrogen) atoms. The van der Waals surface area contributed by atoms with Crippen LogP contribution in [0.1, 0.15) is 56.1 Å². The van der Waals surface area contributed by atoms with Crippen molar-refractivity contribution in [2.75, 3.05) is 11.9 Å². The zero-order valence-electron chi connectivity index (χ0n) is 14.7. The van der Waals surface area contributed by atoms with Crippen molar-refractivity contribution < 1.29 is 4.79 Å². The average molecular weight is 327 g/mol. The zero-order valence-corrected chi connectivity index (χ0v) is 14.7. The second-order valence-corrected chi connectivity index (χ2v) is 6.90. The minimum Gasteiger partial charge on any atom is -0.355 e. The highest BCUT2D eigenvalue weighted by molar-refractivity contribution is 5.93. The summed E-state index contributed by atoms with van der Waals surface area (Å²) in [6.07, 6.45) is 7.41. The highest BCUT2D eigenvalue weighted by Gasteiger charge is 2.23. The third-order valence-corrected chi connectivity index (χ3v) is 3.46. The quantitative estimate of drug-likeness (QED) is 0.851. The average Bonchev–Trinajstić information content (AvgIpc) is 2.55. The lowest BCUT2D eigenvalue weighted by Crippen LogP contribution is -2.31. The molecule has 128 valence electrons. The van der Waals surface area contributed by atoms with Crippen molar-refractivity contribution in [1.82, 2.24) is 20.3 Å². The molecule has 2 aromatic rings. The molecule has 0 aliphatic carbocycles. The molecule has 0 aliphatic heterocycles. The number of nitrogens with zero attached hydrogens (tertiary/aromatic N) is 3. The third-order valence-electron chi connectivity index (χ3n) is 3.46. The summed E-state index contributed by atoms with van der Waals surface area (Å²) in [4.78, 5) is 25.0. The van der Waals surface area contributed by atoms with Gasteiger partial charge in [0.25, 0.3) is 5.91 Å². The number of rotatable bonds is 6. The summed E-state index contributed by atoms with van der Waals surface area (Å²) in [6.45, 7) is 9.15. The van der Waals surface area contributed by atoms with Crippen molar-refractivity contribution in [1.29, 1.82) is 0 Å². The van der Waals surface area contributed by atoms with Crippen LogP contribution in [0.3, 0.4) is 0 Å². The number of nitrogens with one attached hydrogen (secondary N) is 2. The van der Waals surface area contributed by atoms with Crippen LogP contribution in [-0.2, 0) is 0 Å². The molecule has 6 nitrogen and oxygen atoms in total. The topological polar surface area (TPSA) is 79.8 Å². The van der Waals surface area contributed by atoms with Crippen LogP contribution in [0.5, 0.6) is 0 Å². The number of amides is 1. The van der Waals surface area contributed by atoms with Gasteiger partial charge in [-0.05, 0) is 30.4 Å². The molecule has 0 bridgehead atoms. The Morgan fingerprint density at radius 2 is 1.92 bits per heavy atom. The van der Waals surface area contributed by atoms with Gasteiger partial charge in [-0.2, -0.15) is 0 Å². The molecule has 1 amide bonds. The molecule has 2 heterocycles. The van der Waals surface area contributed by atoms with Crippen molar-refractivity contribution in [3.8, 4) is 0 Å².